The summed E-state index contributed by atoms with van der Waals surface area (Å²) in [5, 5.41) is 2.79. The van der Waals surface area contributed by atoms with Crippen molar-refractivity contribution in [3.63, 3.8) is 0 Å². The fourth-order valence-electron chi connectivity index (χ4n) is 2.02. The van der Waals surface area contributed by atoms with Gasteiger partial charge in [0, 0.05) is 19.2 Å². The van der Waals surface area contributed by atoms with E-state index >= 15 is 0 Å². The van der Waals surface area contributed by atoms with Gasteiger partial charge in [-0.25, -0.2) is 0 Å². The predicted molar refractivity (Wildman–Crippen MR) is 64.7 cm³/mol. The van der Waals surface area contributed by atoms with E-state index in [4.69, 9.17) is 0 Å². The lowest BCUT2D eigenvalue weighted by Gasteiger charge is -2.13. The van der Waals surface area contributed by atoms with Crippen LogP contribution in [0, 0.1) is 6.92 Å². The number of nitrogens with one attached hydrogen (secondary N) is 1. The molecule has 90 valence electrons. The van der Waals surface area contributed by atoms with E-state index in [2.05, 4.69) is 5.32 Å². The van der Waals surface area contributed by atoms with E-state index in [-0.39, 0.29) is 17.9 Å². The molecule has 17 heavy (non-hydrogen) atoms. The first kappa shape index (κ1) is 11.6. The number of likely N-dealkylation sites (N-methyl/N-ethyl adjacent to an activating group) is 1. The maximum Gasteiger partial charge on any atom is 0.252 e. The number of hydrogen-bond donors (Lipinski definition) is 1. The molecule has 4 heteroatoms. The van der Waals surface area contributed by atoms with Crippen LogP contribution in [0.25, 0.3) is 0 Å². The molecule has 1 aromatic rings. The first-order chi connectivity index (χ1) is 8.09. The molecule has 0 spiro atoms. The van der Waals surface area contributed by atoms with Crippen molar-refractivity contribution in [2.24, 2.45) is 0 Å². The highest BCUT2D eigenvalue weighted by Crippen LogP contribution is 2.11. The normalized spacial score (nSPS) is 19.5. The quantitative estimate of drug-likeness (QED) is 0.825. The summed E-state index contributed by atoms with van der Waals surface area (Å²) < 4.78 is 0. The Labute approximate surface area is 101 Å². The third-order valence-electron chi connectivity index (χ3n) is 3.12. The van der Waals surface area contributed by atoms with Gasteiger partial charge in [0.1, 0.15) is 6.04 Å². The summed E-state index contributed by atoms with van der Waals surface area (Å²) in [7, 11) is 1.75. The van der Waals surface area contributed by atoms with E-state index in [1.165, 1.54) is 0 Å². The summed E-state index contributed by atoms with van der Waals surface area (Å²) in [6, 6.07) is 7.00. The van der Waals surface area contributed by atoms with Crippen molar-refractivity contribution >= 4 is 11.8 Å². The number of benzene rings is 1. The summed E-state index contributed by atoms with van der Waals surface area (Å²) >= 11 is 0. The Morgan fingerprint density at radius 3 is 2.71 bits per heavy atom. The number of aryl methyl sites for hydroxylation is 1. The Morgan fingerprint density at radius 2 is 2.12 bits per heavy atom. The zero-order chi connectivity index (χ0) is 12.4. The SMILES string of the molecule is Cc1ccccc1C(=O)NC1CCN(C)C1=O. The van der Waals surface area contributed by atoms with Crippen LogP contribution in [0.5, 0.6) is 0 Å². The van der Waals surface area contributed by atoms with Gasteiger partial charge < -0.3 is 10.2 Å². The maximum atomic E-state index is 12.0. The Kier molecular flexibility index (Phi) is 3.13. The minimum atomic E-state index is -0.368. The third-order valence-corrected chi connectivity index (χ3v) is 3.12. The standard InChI is InChI=1S/C13H16N2O2/c1-9-5-3-4-6-10(9)12(16)14-11-7-8-15(2)13(11)17/h3-6,11H,7-8H2,1-2H3,(H,14,16). The first-order valence-corrected chi connectivity index (χ1v) is 5.71. The molecule has 0 aromatic heterocycles. The second-order valence-corrected chi connectivity index (χ2v) is 4.39. The topological polar surface area (TPSA) is 49.4 Å². The molecule has 4 nitrogen and oxygen atoms in total. The maximum absolute atomic E-state index is 12.0. The third kappa shape index (κ3) is 2.30. The van der Waals surface area contributed by atoms with Crippen LogP contribution >= 0.6 is 0 Å². The lowest BCUT2D eigenvalue weighted by Crippen LogP contribution is -2.40. The number of hydrogen-bond acceptors (Lipinski definition) is 2. The van der Waals surface area contributed by atoms with Crippen molar-refractivity contribution in [2.45, 2.75) is 19.4 Å². The molecular formula is C13H16N2O2. The average Bonchev–Trinajstić information content (AvgIpc) is 2.61. The van der Waals surface area contributed by atoms with Crippen LogP contribution in [0.2, 0.25) is 0 Å². The van der Waals surface area contributed by atoms with Gasteiger partial charge >= 0.3 is 0 Å². The average molecular weight is 232 g/mol. The zero-order valence-corrected chi connectivity index (χ0v) is 10.1. The van der Waals surface area contributed by atoms with Crippen molar-refractivity contribution < 1.29 is 9.59 Å². The molecule has 0 saturated carbocycles. The molecule has 0 radical (unpaired) electrons. The molecule has 1 aromatic carbocycles. The molecule has 2 rings (SSSR count). The van der Waals surface area contributed by atoms with Crippen LogP contribution in [-0.2, 0) is 4.79 Å². The largest absolute Gasteiger partial charge is 0.344 e. The van der Waals surface area contributed by atoms with Gasteiger partial charge in [-0.15, -0.1) is 0 Å². The van der Waals surface area contributed by atoms with Crippen LogP contribution in [0.15, 0.2) is 24.3 Å². The van der Waals surface area contributed by atoms with Gasteiger partial charge in [-0.2, -0.15) is 0 Å². The van der Waals surface area contributed by atoms with Gasteiger partial charge in [-0.3, -0.25) is 9.59 Å². The number of amides is 2. The lowest BCUT2D eigenvalue weighted by atomic mass is 10.1. The van der Waals surface area contributed by atoms with E-state index < -0.39 is 0 Å². The Balaban J connectivity index is 2.08. The van der Waals surface area contributed by atoms with Crippen LogP contribution in [-0.4, -0.2) is 36.3 Å². The van der Waals surface area contributed by atoms with E-state index in [9.17, 15) is 9.59 Å². The molecule has 1 aliphatic rings. The highest BCUT2D eigenvalue weighted by Gasteiger charge is 2.30. The molecule has 0 aliphatic carbocycles. The van der Waals surface area contributed by atoms with Gasteiger partial charge in [0.15, 0.2) is 0 Å². The fraction of sp³-hybridized carbons (Fsp3) is 0.385. The van der Waals surface area contributed by atoms with Gasteiger partial charge in [-0.05, 0) is 25.0 Å². The molecule has 2 amide bonds. The van der Waals surface area contributed by atoms with Crippen molar-refractivity contribution in [3.05, 3.63) is 35.4 Å². The fourth-order valence-corrected chi connectivity index (χ4v) is 2.02. The van der Waals surface area contributed by atoms with E-state index in [1.807, 2.05) is 25.1 Å². The number of carbonyl (C=O) groups excluding carboxylic acids is 2. The van der Waals surface area contributed by atoms with Crippen molar-refractivity contribution in [1.82, 2.24) is 10.2 Å². The number of nitrogens with zero attached hydrogens (tertiary/aromatic N) is 1. The van der Waals surface area contributed by atoms with Crippen LogP contribution in [0.4, 0.5) is 0 Å². The van der Waals surface area contributed by atoms with Crippen molar-refractivity contribution in [1.29, 1.82) is 0 Å². The number of rotatable bonds is 2. The molecule has 1 saturated heterocycles. The Morgan fingerprint density at radius 1 is 1.41 bits per heavy atom. The number of carbonyl (C=O) groups is 2. The van der Waals surface area contributed by atoms with Gasteiger partial charge in [-0.1, -0.05) is 18.2 Å². The second kappa shape index (κ2) is 4.57. The molecule has 1 atom stereocenters. The van der Waals surface area contributed by atoms with E-state index in [1.54, 1.807) is 18.0 Å². The second-order valence-electron chi connectivity index (χ2n) is 4.39. The van der Waals surface area contributed by atoms with Crippen LogP contribution in [0.3, 0.4) is 0 Å². The van der Waals surface area contributed by atoms with Gasteiger partial charge in [0.2, 0.25) is 5.91 Å². The summed E-state index contributed by atoms with van der Waals surface area (Å²) in [6.45, 7) is 2.59. The molecule has 1 aliphatic heterocycles. The van der Waals surface area contributed by atoms with Crippen molar-refractivity contribution in [3.8, 4) is 0 Å². The molecular weight excluding hydrogens is 216 g/mol. The van der Waals surface area contributed by atoms with E-state index in [0.717, 1.165) is 5.56 Å². The Hall–Kier alpha value is -1.84. The monoisotopic (exact) mass is 232 g/mol. The Bertz CT molecular complexity index is 456. The summed E-state index contributed by atoms with van der Waals surface area (Å²) in [5.74, 6) is -0.177. The minimum Gasteiger partial charge on any atom is -0.344 e. The summed E-state index contributed by atoms with van der Waals surface area (Å²) in [4.78, 5) is 25.3. The van der Waals surface area contributed by atoms with Gasteiger partial charge in [0.05, 0.1) is 0 Å². The van der Waals surface area contributed by atoms with Gasteiger partial charge in [0.25, 0.3) is 5.91 Å². The lowest BCUT2D eigenvalue weighted by molar-refractivity contribution is -0.128. The highest BCUT2D eigenvalue weighted by molar-refractivity contribution is 5.98. The van der Waals surface area contributed by atoms with Crippen LogP contribution < -0.4 is 5.32 Å². The first-order valence-electron chi connectivity index (χ1n) is 5.71. The summed E-state index contributed by atoms with van der Waals surface area (Å²) in [5.41, 5.74) is 1.55. The molecule has 1 unspecified atom stereocenters. The smallest absolute Gasteiger partial charge is 0.252 e. The minimum absolute atomic E-state index is 0.00747. The molecule has 1 fully saturated rings. The highest BCUT2D eigenvalue weighted by atomic mass is 16.2. The van der Waals surface area contributed by atoms with E-state index in [0.29, 0.717) is 18.5 Å². The molecule has 0 bridgehead atoms. The summed E-state index contributed by atoms with van der Waals surface area (Å²) in [6.07, 6.45) is 0.687. The van der Waals surface area contributed by atoms with Crippen LogP contribution in [0.1, 0.15) is 22.3 Å². The number of likely N-dealkylation sites (tertiary alicyclic amines) is 1. The molecule has 1 heterocycles. The van der Waals surface area contributed by atoms with Crippen molar-refractivity contribution in [2.75, 3.05) is 13.6 Å². The molecule has 1 N–H and O–H groups in total. The zero-order valence-electron chi connectivity index (χ0n) is 10.1. The predicted octanol–water partition coefficient (Wildman–Crippen LogP) is 0.956.